The van der Waals surface area contributed by atoms with Gasteiger partial charge in [0.2, 0.25) is 6.29 Å². The van der Waals surface area contributed by atoms with E-state index in [1.54, 1.807) is 6.07 Å². The van der Waals surface area contributed by atoms with E-state index in [2.05, 4.69) is 0 Å². The van der Waals surface area contributed by atoms with E-state index in [9.17, 15) is 9.59 Å². The molecule has 134 valence electrons. The zero-order chi connectivity index (χ0) is 17.9. The summed E-state index contributed by atoms with van der Waals surface area (Å²) in [7, 11) is 2.97. The van der Waals surface area contributed by atoms with Crippen molar-refractivity contribution in [1.82, 2.24) is 0 Å². The van der Waals surface area contributed by atoms with Gasteiger partial charge in [0.1, 0.15) is 0 Å². The molecule has 0 N–H and O–H groups in total. The molecule has 24 heavy (non-hydrogen) atoms. The second-order valence-corrected chi connectivity index (χ2v) is 5.48. The maximum absolute atomic E-state index is 12.5. The summed E-state index contributed by atoms with van der Waals surface area (Å²) < 4.78 is 20.8. The molecule has 0 bridgehead atoms. The number of rotatable bonds is 11. The lowest BCUT2D eigenvalue weighted by Gasteiger charge is -2.25. The highest BCUT2D eigenvalue weighted by Gasteiger charge is 2.29. The normalized spacial score (nSPS) is 13.2. The summed E-state index contributed by atoms with van der Waals surface area (Å²) >= 11 is 0. The van der Waals surface area contributed by atoms with Crippen LogP contribution in [-0.4, -0.2) is 46.2 Å². The molecule has 1 aromatic carbocycles. The summed E-state index contributed by atoms with van der Waals surface area (Å²) in [5, 5.41) is 0. The number of ether oxygens (including phenoxy) is 4. The first-order chi connectivity index (χ1) is 11.6. The van der Waals surface area contributed by atoms with Crippen LogP contribution in [0.3, 0.4) is 0 Å². The van der Waals surface area contributed by atoms with Gasteiger partial charge in [-0.2, -0.15) is 0 Å². The number of unbranched alkanes of at least 4 members (excludes halogenated alkanes) is 1. The lowest BCUT2D eigenvalue weighted by Crippen LogP contribution is -2.29. The average Bonchev–Trinajstić information content (AvgIpc) is 2.58. The minimum absolute atomic E-state index is 0.227. The van der Waals surface area contributed by atoms with Gasteiger partial charge in [0.05, 0.1) is 24.7 Å². The van der Waals surface area contributed by atoms with Gasteiger partial charge >= 0.3 is 5.97 Å². The van der Waals surface area contributed by atoms with Crippen LogP contribution in [0.5, 0.6) is 0 Å². The van der Waals surface area contributed by atoms with Crippen molar-refractivity contribution >= 4 is 12.4 Å². The van der Waals surface area contributed by atoms with Crippen LogP contribution >= 0.6 is 0 Å². The predicted octanol–water partition coefficient (Wildman–Crippen LogP) is 2.83. The molecule has 1 rings (SSSR count). The smallest absolute Gasteiger partial charge is 0.338 e. The van der Waals surface area contributed by atoms with Gasteiger partial charge in [0.25, 0.3) is 6.47 Å². The van der Waals surface area contributed by atoms with Gasteiger partial charge in [-0.3, -0.25) is 4.79 Å². The molecule has 0 aliphatic carbocycles. The van der Waals surface area contributed by atoms with Gasteiger partial charge in [-0.05, 0) is 25.0 Å². The maximum Gasteiger partial charge on any atom is 0.338 e. The topological polar surface area (TPSA) is 71.1 Å². The highest BCUT2D eigenvalue weighted by molar-refractivity contribution is 5.91. The quantitative estimate of drug-likeness (QED) is 0.267. The summed E-state index contributed by atoms with van der Waals surface area (Å²) in [4.78, 5) is 23.2. The Morgan fingerprint density at radius 1 is 1.29 bits per heavy atom. The van der Waals surface area contributed by atoms with Crippen LogP contribution in [0.4, 0.5) is 0 Å². The van der Waals surface area contributed by atoms with Gasteiger partial charge in [-0.15, -0.1) is 0 Å². The zero-order valence-corrected chi connectivity index (χ0v) is 14.7. The fraction of sp³-hybridized carbons (Fsp3) is 0.556. The summed E-state index contributed by atoms with van der Waals surface area (Å²) in [5.74, 6) is -0.844. The largest absolute Gasteiger partial charge is 0.462 e. The number of carbonyl (C=O) groups is 2. The Kier molecular flexibility index (Phi) is 9.04. The fourth-order valence-corrected chi connectivity index (χ4v) is 2.42. The molecule has 0 aromatic heterocycles. The molecule has 0 amide bonds. The Hall–Kier alpha value is -1.92. The summed E-state index contributed by atoms with van der Waals surface area (Å²) in [6.45, 7) is 4.85. The lowest BCUT2D eigenvalue weighted by atomic mass is 9.92. The molecule has 0 fully saturated rings. The van der Waals surface area contributed by atoms with Crippen LogP contribution in [0.25, 0.3) is 0 Å². The van der Waals surface area contributed by atoms with Crippen molar-refractivity contribution in [2.24, 2.45) is 0 Å². The van der Waals surface area contributed by atoms with Crippen molar-refractivity contribution in [3.8, 4) is 0 Å². The van der Waals surface area contributed by atoms with E-state index in [1.165, 1.54) is 14.2 Å². The number of esters is 1. The van der Waals surface area contributed by atoms with Crippen molar-refractivity contribution in [1.29, 1.82) is 0 Å². The van der Waals surface area contributed by atoms with Crippen LogP contribution in [-0.2, 0) is 23.7 Å². The van der Waals surface area contributed by atoms with Crippen LogP contribution in [0, 0.1) is 6.92 Å². The number of benzene rings is 1. The third-order valence-corrected chi connectivity index (χ3v) is 3.66. The molecule has 0 spiro atoms. The standard InChI is InChI=1S/C18H26O6/c1-5-6-9-23-17(20)15-10-13(2)7-8-14(15)16(11-21-3)18(22-4)24-12-19/h7-8,10,12,16,18H,5-6,9,11H2,1-4H3. The molecular formula is C18H26O6. The molecule has 2 atom stereocenters. The van der Waals surface area contributed by atoms with Crippen LogP contribution in [0.2, 0.25) is 0 Å². The maximum atomic E-state index is 12.5. The highest BCUT2D eigenvalue weighted by Crippen LogP contribution is 2.27. The Bertz CT molecular complexity index is 528. The molecule has 0 radical (unpaired) electrons. The predicted molar refractivity (Wildman–Crippen MR) is 88.9 cm³/mol. The van der Waals surface area contributed by atoms with Gasteiger partial charge in [-0.1, -0.05) is 31.0 Å². The molecule has 0 heterocycles. The zero-order valence-electron chi connectivity index (χ0n) is 14.7. The first kappa shape index (κ1) is 20.1. The number of methoxy groups -OCH3 is 2. The summed E-state index contributed by atoms with van der Waals surface area (Å²) in [6, 6.07) is 5.46. The monoisotopic (exact) mass is 338 g/mol. The molecule has 1 aromatic rings. The van der Waals surface area contributed by atoms with E-state index < -0.39 is 18.2 Å². The third kappa shape index (κ3) is 5.62. The van der Waals surface area contributed by atoms with Gasteiger partial charge in [0.15, 0.2) is 0 Å². The first-order valence-electron chi connectivity index (χ1n) is 7.97. The number of hydrogen-bond acceptors (Lipinski definition) is 6. The van der Waals surface area contributed by atoms with Crippen LogP contribution < -0.4 is 0 Å². The van der Waals surface area contributed by atoms with Gasteiger partial charge < -0.3 is 18.9 Å². The molecule has 0 saturated heterocycles. The number of aryl methyl sites for hydroxylation is 1. The van der Waals surface area contributed by atoms with Gasteiger partial charge in [-0.25, -0.2) is 4.79 Å². The van der Waals surface area contributed by atoms with Crippen LogP contribution in [0.1, 0.15) is 47.2 Å². The highest BCUT2D eigenvalue weighted by atomic mass is 16.7. The lowest BCUT2D eigenvalue weighted by molar-refractivity contribution is -0.165. The minimum Gasteiger partial charge on any atom is -0.462 e. The molecule has 6 heteroatoms. The molecule has 2 unspecified atom stereocenters. The van der Waals surface area contributed by atoms with E-state index in [1.807, 2.05) is 26.0 Å². The first-order valence-corrected chi connectivity index (χ1v) is 7.97. The molecule has 0 saturated carbocycles. The van der Waals surface area contributed by atoms with E-state index in [0.29, 0.717) is 24.2 Å². The van der Waals surface area contributed by atoms with E-state index >= 15 is 0 Å². The molecule has 0 aliphatic heterocycles. The van der Waals surface area contributed by atoms with Crippen molar-refractivity contribution in [2.45, 2.75) is 38.9 Å². The Balaban J connectivity index is 3.17. The van der Waals surface area contributed by atoms with E-state index in [-0.39, 0.29) is 6.61 Å². The Morgan fingerprint density at radius 3 is 2.62 bits per heavy atom. The number of hydrogen-bond donors (Lipinski definition) is 0. The van der Waals surface area contributed by atoms with Crippen molar-refractivity contribution < 1.29 is 28.5 Å². The summed E-state index contributed by atoms with van der Waals surface area (Å²) in [5.41, 5.74) is 2.03. The van der Waals surface area contributed by atoms with Gasteiger partial charge in [0, 0.05) is 14.2 Å². The Labute approximate surface area is 143 Å². The fourth-order valence-electron chi connectivity index (χ4n) is 2.42. The van der Waals surface area contributed by atoms with Crippen molar-refractivity contribution in [3.63, 3.8) is 0 Å². The van der Waals surface area contributed by atoms with Crippen LogP contribution in [0.15, 0.2) is 18.2 Å². The SMILES string of the molecule is CCCCOC(=O)c1cc(C)ccc1C(COC)C(OC)OC=O. The minimum atomic E-state index is -0.854. The number of carbonyl (C=O) groups excluding carboxylic acids is 2. The third-order valence-electron chi connectivity index (χ3n) is 3.66. The molecular weight excluding hydrogens is 312 g/mol. The van der Waals surface area contributed by atoms with E-state index in [0.717, 1.165) is 18.4 Å². The Morgan fingerprint density at radius 2 is 2.04 bits per heavy atom. The van der Waals surface area contributed by atoms with E-state index in [4.69, 9.17) is 18.9 Å². The second-order valence-electron chi connectivity index (χ2n) is 5.48. The molecule has 0 aliphatic rings. The summed E-state index contributed by atoms with van der Waals surface area (Å²) in [6.07, 6.45) is 0.898. The average molecular weight is 338 g/mol. The molecule has 6 nitrogen and oxygen atoms in total. The van der Waals surface area contributed by atoms with Crippen molar-refractivity contribution in [2.75, 3.05) is 27.4 Å². The second kappa shape index (κ2) is 10.8. The van der Waals surface area contributed by atoms with Crippen molar-refractivity contribution in [3.05, 3.63) is 34.9 Å².